The van der Waals surface area contributed by atoms with Crippen LogP contribution in [0.2, 0.25) is 5.02 Å². The number of benzene rings is 2. The van der Waals surface area contributed by atoms with Crippen LogP contribution in [0.25, 0.3) is 0 Å². The molecule has 0 fully saturated rings. The summed E-state index contributed by atoms with van der Waals surface area (Å²) >= 11 is 6.28. The lowest BCUT2D eigenvalue weighted by molar-refractivity contribution is -0.169. The van der Waals surface area contributed by atoms with E-state index in [9.17, 15) is 22.2 Å². The Morgan fingerprint density at radius 2 is 1.97 bits per heavy atom. The minimum absolute atomic E-state index is 0.0739. The molecule has 2 aromatic carbocycles. The zero-order chi connectivity index (χ0) is 23.4. The van der Waals surface area contributed by atoms with E-state index in [-0.39, 0.29) is 10.6 Å². The number of halogens is 4. The van der Waals surface area contributed by atoms with Crippen molar-refractivity contribution in [1.29, 1.82) is 0 Å². The maximum absolute atomic E-state index is 12.6. The third kappa shape index (κ3) is 6.70. The molecule has 2 aromatic rings. The first-order valence-corrected chi connectivity index (χ1v) is 11.3. The van der Waals surface area contributed by atoms with Crippen molar-refractivity contribution in [2.75, 3.05) is 19.8 Å². The molecule has 0 saturated carbocycles. The second-order valence-electron chi connectivity index (χ2n) is 6.66. The van der Waals surface area contributed by atoms with Crippen LogP contribution < -0.4 is 4.74 Å². The minimum Gasteiger partial charge on any atom is -0.457 e. The Morgan fingerprint density at radius 1 is 1.29 bits per heavy atom. The van der Waals surface area contributed by atoms with Gasteiger partial charge in [-0.1, -0.05) is 17.7 Å². The molecule has 1 amide bonds. The van der Waals surface area contributed by atoms with Crippen molar-refractivity contribution < 1.29 is 26.9 Å². The molecule has 0 aromatic heterocycles. The van der Waals surface area contributed by atoms with Crippen molar-refractivity contribution in [3.8, 4) is 11.5 Å². The molecule has 0 saturated heterocycles. The van der Waals surface area contributed by atoms with Gasteiger partial charge in [-0.25, -0.2) is 9.20 Å². The smallest absolute Gasteiger partial charge is 0.457 e. The lowest BCUT2D eigenvalue weighted by Crippen LogP contribution is -2.21. The lowest BCUT2D eigenvalue weighted by atomic mass is 10.2. The van der Waals surface area contributed by atoms with Crippen LogP contribution in [0, 0.1) is 6.92 Å². The van der Waals surface area contributed by atoms with Crippen molar-refractivity contribution in [3.05, 3.63) is 47.0 Å². The molecule has 1 atom stereocenters. The van der Waals surface area contributed by atoms with Gasteiger partial charge in [0, 0.05) is 25.9 Å². The fourth-order valence-electron chi connectivity index (χ4n) is 2.26. The number of aliphatic imine (C=N–C) groups is 1. The minimum atomic E-state index is -5.20. The standard InChI is InChI=1S/C20H21ClF3N3O3S/c1-5-27(3)12-25-17-9-13(2)18(11-16(17)21)30-14-7-6-8-15(10-14)31(4,29)26-19(28)20(22,23)24/h6-12H,5H2,1-4H3. The molecular weight excluding hydrogens is 455 g/mol. The number of hydrogen-bond donors (Lipinski definition) is 0. The highest BCUT2D eigenvalue weighted by Crippen LogP contribution is 2.35. The summed E-state index contributed by atoms with van der Waals surface area (Å²) in [5.41, 5.74) is 1.25. The van der Waals surface area contributed by atoms with Gasteiger partial charge in [0.15, 0.2) is 0 Å². The van der Waals surface area contributed by atoms with Crippen LogP contribution >= 0.6 is 11.6 Å². The van der Waals surface area contributed by atoms with Crippen LogP contribution in [0.15, 0.2) is 50.6 Å². The van der Waals surface area contributed by atoms with Gasteiger partial charge in [0.05, 0.1) is 31.7 Å². The first kappa shape index (κ1) is 24.7. The van der Waals surface area contributed by atoms with Gasteiger partial charge < -0.3 is 9.64 Å². The number of amides is 1. The molecule has 31 heavy (non-hydrogen) atoms. The van der Waals surface area contributed by atoms with E-state index in [1.165, 1.54) is 24.3 Å². The number of carbonyl (C=O) groups excluding carboxylic acids is 1. The van der Waals surface area contributed by atoms with Gasteiger partial charge >= 0.3 is 12.1 Å². The van der Waals surface area contributed by atoms with Gasteiger partial charge in [-0.2, -0.15) is 13.2 Å². The molecule has 168 valence electrons. The van der Waals surface area contributed by atoms with Crippen LogP contribution in [0.5, 0.6) is 11.5 Å². The number of aryl methyl sites for hydroxylation is 1. The Labute approximate surface area is 183 Å². The molecule has 0 radical (unpaired) electrons. The van der Waals surface area contributed by atoms with Crippen LogP contribution in [0.3, 0.4) is 0 Å². The van der Waals surface area contributed by atoms with Crippen LogP contribution in [-0.4, -0.2) is 47.4 Å². The van der Waals surface area contributed by atoms with E-state index in [0.29, 0.717) is 22.0 Å². The van der Waals surface area contributed by atoms with E-state index in [1.807, 2.05) is 18.9 Å². The molecule has 0 N–H and O–H groups in total. The summed E-state index contributed by atoms with van der Waals surface area (Å²) in [6.45, 7) is 4.53. The number of carbonyl (C=O) groups is 1. The Bertz CT molecular complexity index is 1130. The molecule has 1 unspecified atom stereocenters. The van der Waals surface area contributed by atoms with E-state index < -0.39 is 21.8 Å². The van der Waals surface area contributed by atoms with Gasteiger partial charge in [0.25, 0.3) is 0 Å². The molecule has 0 heterocycles. The van der Waals surface area contributed by atoms with Gasteiger partial charge in [-0.3, -0.25) is 4.79 Å². The van der Waals surface area contributed by atoms with Crippen LogP contribution in [-0.2, 0) is 14.5 Å². The summed E-state index contributed by atoms with van der Waals surface area (Å²) in [7, 11) is -1.75. The maximum atomic E-state index is 12.6. The second kappa shape index (κ2) is 9.69. The summed E-state index contributed by atoms with van der Waals surface area (Å²) < 4.78 is 58.6. The maximum Gasteiger partial charge on any atom is 0.474 e. The quantitative estimate of drug-likeness (QED) is 0.403. The van der Waals surface area contributed by atoms with Crippen molar-refractivity contribution in [2.24, 2.45) is 9.36 Å². The number of rotatable bonds is 6. The van der Waals surface area contributed by atoms with Gasteiger partial charge in [0.1, 0.15) is 11.5 Å². The summed E-state index contributed by atoms with van der Waals surface area (Å²) in [4.78, 5) is 17.2. The number of nitrogens with zero attached hydrogens (tertiary/aromatic N) is 3. The lowest BCUT2D eigenvalue weighted by Gasteiger charge is -2.13. The highest BCUT2D eigenvalue weighted by molar-refractivity contribution is 7.93. The fraction of sp³-hybridized carbons (Fsp3) is 0.300. The summed E-state index contributed by atoms with van der Waals surface area (Å²) in [5.74, 6) is -1.82. The predicted molar refractivity (Wildman–Crippen MR) is 115 cm³/mol. The number of hydrogen-bond acceptors (Lipinski definition) is 4. The summed E-state index contributed by atoms with van der Waals surface area (Å²) in [6, 6.07) is 8.83. The molecule has 0 bridgehead atoms. The Kier molecular flexibility index (Phi) is 7.72. The summed E-state index contributed by atoms with van der Waals surface area (Å²) in [5, 5.41) is 0.336. The number of ether oxygens (including phenoxy) is 1. The third-order valence-electron chi connectivity index (χ3n) is 4.11. The second-order valence-corrected chi connectivity index (χ2v) is 9.33. The predicted octanol–water partition coefficient (Wildman–Crippen LogP) is 5.60. The van der Waals surface area contributed by atoms with Crippen LogP contribution in [0.1, 0.15) is 12.5 Å². The summed E-state index contributed by atoms with van der Waals surface area (Å²) in [6.07, 6.45) is -2.59. The average molecular weight is 476 g/mol. The molecule has 0 spiro atoms. The van der Waals surface area contributed by atoms with E-state index in [4.69, 9.17) is 16.3 Å². The molecule has 6 nitrogen and oxygen atoms in total. The Hall–Kier alpha value is -2.59. The van der Waals surface area contributed by atoms with Crippen LogP contribution in [0.4, 0.5) is 18.9 Å². The first-order chi connectivity index (χ1) is 14.3. The fourth-order valence-corrected chi connectivity index (χ4v) is 3.66. The first-order valence-electron chi connectivity index (χ1n) is 8.99. The molecule has 2 rings (SSSR count). The van der Waals surface area contributed by atoms with E-state index in [1.54, 1.807) is 25.4 Å². The van der Waals surface area contributed by atoms with E-state index in [2.05, 4.69) is 9.36 Å². The molecule has 11 heteroatoms. The van der Waals surface area contributed by atoms with Crippen molar-refractivity contribution in [1.82, 2.24) is 4.90 Å². The van der Waals surface area contributed by atoms with E-state index >= 15 is 0 Å². The molecule has 0 aliphatic heterocycles. The van der Waals surface area contributed by atoms with E-state index in [0.717, 1.165) is 12.8 Å². The van der Waals surface area contributed by atoms with Crippen molar-refractivity contribution in [3.63, 3.8) is 0 Å². The highest BCUT2D eigenvalue weighted by Gasteiger charge is 2.39. The molecular formula is C20H21ClF3N3O3S. The zero-order valence-electron chi connectivity index (χ0n) is 17.2. The zero-order valence-corrected chi connectivity index (χ0v) is 18.8. The van der Waals surface area contributed by atoms with Crippen molar-refractivity contribution >= 4 is 39.3 Å². The average Bonchev–Trinajstić information content (AvgIpc) is 2.68. The molecule has 0 aliphatic rings. The molecule has 0 aliphatic carbocycles. The number of alkyl halides is 3. The van der Waals surface area contributed by atoms with Gasteiger partial charge in [-0.05, 0) is 43.7 Å². The monoisotopic (exact) mass is 475 g/mol. The highest BCUT2D eigenvalue weighted by atomic mass is 35.5. The normalized spacial score (nSPS) is 13.7. The van der Waals surface area contributed by atoms with Crippen molar-refractivity contribution in [2.45, 2.75) is 24.9 Å². The largest absolute Gasteiger partial charge is 0.474 e. The van der Waals surface area contributed by atoms with Gasteiger partial charge in [-0.15, -0.1) is 4.36 Å². The Morgan fingerprint density at radius 3 is 2.58 bits per heavy atom. The van der Waals surface area contributed by atoms with Gasteiger partial charge in [0.2, 0.25) is 0 Å². The SMILES string of the molecule is CCN(C)C=Nc1cc(C)c(Oc2cccc(S(C)(=O)=NC(=O)C(F)(F)F)c2)cc1Cl. The Balaban J connectivity index is 2.34. The third-order valence-corrected chi connectivity index (χ3v) is 6.05. The topological polar surface area (TPSA) is 71.3 Å².